The molecule has 0 spiro atoms. The summed E-state index contributed by atoms with van der Waals surface area (Å²) >= 11 is 0. The summed E-state index contributed by atoms with van der Waals surface area (Å²) in [5.74, 6) is 0.797. The monoisotopic (exact) mass is 491 g/mol. The lowest BCUT2D eigenvalue weighted by atomic mass is 10.0. The highest BCUT2D eigenvalue weighted by Gasteiger charge is 2.39. The van der Waals surface area contributed by atoms with E-state index in [-0.39, 0.29) is 18.2 Å². The van der Waals surface area contributed by atoms with Crippen LogP contribution in [-0.4, -0.2) is 59.9 Å². The first-order valence-electron chi connectivity index (χ1n) is 12.7. The smallest absolute Gasteiger partial charge is 0.255 e. The van der Waals surface area contributed by atoms with Gasteiger partial charge < -0.3 is 14.4 Å². The SMILES string of the molecule is COc1cc(CN2CCCC[C@H]2COc2ccc3c(c2)CN(C2CCC(=O)NC2=O)C3=O)ccc1C. The third-order valence-corrected chi connectivity index (χ3v) is 7.54. The molecule has 8 nitrogen and oxygen atoms in total. The van der Waals surface area contributed by atoms with Crippen LogP contribution in [0.4, 0.5) is 0 Å². The van der Waals surface area contributed by atoms with Crippen LogP contribution >= 0.6 is 0 Å². The molecule has 2 atom stereocenters. The van der Waals surface area contributed by atoms with Crippen LogP contribution in [0.25, 0.3) is 0 Å². The molecule has 3 aliphatic heterocycles. The second-order valence-electron chi connectivity index (χ2n) is 9.95. The van der Waals surface area contributed by atoms with E-state index < -0.39 is 11.9 Å². The zero-order chi connectivity index (χ0) is 25.2. The van der Waals surface area contributed by atoms with Gasteiger partial charge in [-0.1, -0.05) is 18.6 Å². The number of piperidine rings is 2. The molecule has 2 fully saturated rings. The van der Waals surface area contributed by atoms with Crippen molar-refractivity contribution >= 4 is 17.7 Å². The number of nitrogens with one attached hydrogen (secondary N) is 1. The second-order valence-corrected chi connectivity index (χ2v) is 9.95. The Morgan fingerprint density at radius 1 is 1.06 bits per heavy atom. The van der Waals surface area contributed by atoms with Crippen LogP contribution in [0.2, 0.25) is 0 Å². The molecule has 3 aliphatic rings. The number of carbonyl (C=O) groups is 3. The van der Waals surface area contributed by atoms with Gasteiger partial charge in [-0.15, -0.1) is 0 Å². The number of amides is 3. The maximum Gasteiger partial charge on any atom is 0.255 e. The number of methoxy groups -OCH3 is 1. The Hall–Kier alpha value is -3.39. The number of nitrogens with zero attached hydrogens (tertiary/aromatic N) is 2. The predicted molar refractivity (Wildman–Crippen MR) is 134 cm³/mol. The topological polar surface area (TPSA) is 88.2 Å². The summed E-state index contributed by atoms with van der Waals surface area (Å²) in [7, 11) is 1.71. The number of carbonyl (C=O) groups excluding carboxylic acids is 3. The third kappa shape index (κ3) is 4.95. The largest absolute Gasteiger partial charge is 0.496 e. The zero-order valence-corrected chi connectivity index (χ0v) is 20.9. The van der Waals surface area contributed by atoms with Gasteiger partial charge in [0.2, 0.25) is 11.8 Å². The molecular formula is C28H33N3O5. The molecule has 1 unspecified atom stereocenters. The molecule has 3 amide bonds. The average molecular weight is 492 g/mol. The van der Waals surface area contributed by atoms with Crippen molar-refractivity contribution in [3.8, 4) is 11.5 Å². The average Bonchev–Trinajstić information content (AvgIpc) is 3.20. The minimum absolute atomic E-state index is 0.168. The molecule has 3 heterocycles. The Labute approximate surface area is 211 Å². The molecule has 5 rings (SSSR count). The summed E-state index contributed by atoms with van der Waals surface area (Å²) in [5, 5.41) is 2.34. The van der Waals surface area contributed by atoms with Gasteiger partial charge in [-0.25, -0.2) is 0 Å². The molecular weight excluding hydrogens is 458 g/mol. The summed E-state index contributed by atoms with van der Waals surface area (Å²) < 4.78 is 11.7. The van der Waals surface area contributed by atoms with Crippen LogP contribution in [0.5, 0.6) is 11.5 Å². The van der Waals surface area contributed by atoms with Crippen LogP contribution < -0.4 is 14.8 Å². The van der Waals surface area contributed by atoms with Crippen LogP contribution in [-0.2, 0) is 22.7 Å². The van der Waals surface area contributed by atoms with E-state index in [0.29, 0.717) is 31.2 Å². The van der Waals surface area contributed by atoms with Gasteiger partial charge >= 0.3 is 0 Å². The lowest BCUT2D eigenvalue weighted by molar-refractivity contribution is -0.136. The summed E-state index contributed by atoms with van der Waals surface area (Å²) in [5.41, 5.74) is 3.81. The summed E-state index contributed by atoms with van der Waals surface area (Å²) in [6.45, 7) is 4.86. The number of likely N-dealkylation sites (tertiary alicyclic amines) is 1. The minimum Gasteiger partial charge on any atom is -0.496 e. The number of imide groups is 1. The number of aryl methyl sites for hydroxylation is 1. The predicted octanol–water partition coefficient (Wildman–Crippen LogP) is 3.20. The molecule has 2 aromatic carbocycles. The maximum atomic E-state index is 12.9. The molecule has 0 aromatic heterocycles. The van der Waals surface area contributed by atoms with Crippen LogP contribution in [0, 0.1) is 6.92 Å². The number of hydrogen-bond acceptors (Lipinski definition) is 6. The molecule has 8 heteroatoms. The highest BCUT2D eigenvalue weighted by molar-refractivity contribution is 6.05. The number of ether oxygens (including phenoxy) is 2. The number of hydrogen-bond donors (Lipinski definition) is 1. The van der Waals surface area contributed by atoms with Crippen molar-refractivity contribution in [3.63, 3.8) is 0 Å². The summed E-state index contributed by atoms with van der Waals surface area (Å²) in [4.78, 5) is 40.7. The molecule has 0 saturated carbocycles. The van der Waals surface area contributed by atoms with Crippen molar-refractivity contribution in [2.75, 3.05) is 20.3 Å². The first kappa shape index (κ1) is 24.3. The number of fused-ring (bicyclic) bond motifs is 1. The van der Waals surface area contributed by atoms with Crippen LogP contribution in [0.1, 0.15) is 59.2 Å². The fourth-order valence-electron chi connectivity index (χ4n) is 5.49. The fraction of sp³-hybridized carbons (Fsp3) is 0.464. The van der Waals surface area contributed by atoms with Crippen molar-refractivity contribution in [3.05, 3.63) is 58.7 Å². The Kier molecular flexibility index (Phi) is 6.96. The van der Waals surface area contributed by atoms with Crippen molar-refractivity contribution in [1.29, 1.82) is 0 Å². The highest BCUT2D eigenvalue weighted by atomic mass is 16.5. The van der Waals surface area contributed by atoms with Crippen LogP contribution in [0.3, 0.4) is 0 Å². The lowest BCUT2D eigenvalue weighted by Crippen LogP contribution is -2.52. The molecule has 0 bridgehead atoms. The molecule has 1 N–H and O–H groups in total. The van der Waals surface area contributed by atoms with Crippen LogP contribution in [0.15, 0.2) is 36.4 Å². The minimum atomic E-state index is -0.608. The molecule has 36 heavy (non-hydrogen) atoms. The van der Waals surface area contributed by atoms with E-state index in [1.165, 1.54) is 18.4 Å². The quantitative estimate of drug-likeness (QED) is 0.599. The van der Waals surface area contributed by atoms with E-state index in [2.05, 4.69) is 28.4 Å². The first-order chi connectivity index (χ1) is 17.4. The normalized spacial score (nSPS) is 22.4. The molecule has 2 saturated heterocycles. The van der Waals surface area contributed by atoms with E-state index >= 15 is 0 Å². The molecule has 0 aliphatic carbocycles. The Morgan fingerprint density at radius 2 is 1.92 bits per heavy atom. The van der Waals surface area contributed by atoms with E-state index in [4.69, 9.17) is 9.47 Å². The zero-order valence-electron chi connectivity index (χ0n) is 20.9. The molecule has 2 aromatic rings. The fourth-order valence-corrected chi connectivity index (χ4v) is 5.49. The summed E-state index contributed by atoms with van der Waals surface area (Å²) in [6, 6.07) is 11.6. The van der Waals surface area contributed by atoms with E-state index in [1.807, 2.05) is 19.1 Å². The van der Waals surface area contributed by atoms with Crippen molar-refractivity contribution < 1.29 is 23.9 Å². The van der Waals surface area contributed by atoms with Crippen molar-refractivity contribution in [1.82, 2.24) is 15.1 Å². The van der Waals surface area contributed by atoms with Gasteiger partial charge in [0.1, 0.15) is 24.1 Å². The van der Waals surface area contributed by atoms with Gasteiger partial charge in [-0.3, -0.25) is 24.6 Å². The second kappa shape index (κ2) is 10.3. The van der Waals surface area contributed by atoms with Gasteiger partial charge in [-0.05, 0) is 73.7 Å². The third-order valence-electron chi connectivity index (χ3n) is 7.54. The maximum absolute atomic E-state index is 12.9. The van der Waals surface area contributed by atoms with Gasteiger partial charge in [0.05, 0.1) is 7.11 Å². The lowest BCUT2D eigenvalue weighted by Gasteiger charge is -2.35. The van der Waals surface area contributed by atoms with Crippen molar-refractivity contribution in [2.24, 2.45) is 0 Å². The number of benzene rings is 2. The van der Waals surface area contributed by atoms with E-state index in [1.54, 1.807) is 18.1 Å². The van der Waals surface area contributed by atoms with Gasteiger partial charge in [0, 0.05) is 31.1 Å². The summed E-state index contributed by atoms with van der Waals surface area (Å²) in [6.07, 6.45) is 4.05. The van der Waals surface area contributed by atoms with E-state index in [9.17, 15) is 14.4 Å². The Bertz CT molecular complexity index is 1180. The highest BCUT2D eigenvalue weighted by Crippen LogP contribution is 2.31. The first-order valence-corrected chi connectivity index (χ1v) is 12.7. The standard InChI is InChI=1S/C28H33N3O5/c1-18-6-7-19(13-25(18)35-2)15-30-12-4-3-5-21(30)17-36-22-8-9-23-20(14-22)16-31(28(23)34)24-10-11-26(32)29-27(24)33/h6-9,13-14,21,24H,3-5,10-12,15-17H2,1-2H3,(H,29,32,33)/t21-,24?/m0/s1. The number of rotatable bonds is 7. The van der Waals surface area contributed by atoms with E-state index in [0.717, 1.165) is 42.1 Å². The Balaban J connectivity index is 1.23. The molecule has 0 radical (unpaired) electrons. The van der Waals surface area contributed by atoms with Gasteiger partial charge in [0.15, 0.2) is 0 Å². The van der Waals surface area contributed by atoms with Crippen molar-refractivity contribution in [2.45, 2.75) is 64.2 Å². The molecule has 190 valence electrons. The Morgan fingerprint density at radius 3 is 2.72 bits per heavy atom. The van der Waals surface area contributed by atoms with Gasteiger partial charge in [0.25, 0.3) is 5.91 Å². The van der Waals surface area contributed by atoms with Gasteiger partial charge in [-0.2, -0.15) is 0 Å².